The van der Waals surface area contributed by atoms with Gasteiger partial charge in [0, 0.05) is 33.8 Å². The third-order valence-electron chi connectivity index (χ3n) is 9.14. The van der Waals surface area contributed by atoms with Crippen molar-refractivity contribution >= 4 is 44.6 Å². The second kappa shape index (κ2) is 9.99. The molecular weight excluding hydrogens is 536 g/mol. The number of allylic oxidation sites excluding steroid dienone is 3. The van der Waals surface area contributed by atoms with E-state index in [2.05, 4.69) is 173 Å². The molecule has 0 spiro atoms. The number of nitrogens with one attached hydrogen (secondary N) is 1. The SMILES string of the molecule is C1=CC2c3cc4c(cc3N(c3ccccc3)C2C=C1)c1ccccc1n4C1N=C(c2ccccc2)C=C(c2ccccc2)N1. The van der Waals surface area contributed by atoms with Gasteiger partial charge in [-0.2, -0.15) is 0 Å². The van der Waals surface area contributed by atoms with Crippen LogP contribution in [0.15, 0.2) is 163 Å². The van der Waals surface area contributed by atoms with Crippen molar-refractivity contribution in [2.24, 2.45) is 4.99 Å². The summed E-state index contributed by atoms with van der Waals surface area (Å²) in [5, 5.41) is 6.28. The quantitative estimate of drug-likeness (QED) is 0.231. The lowest BCUT2D eigenvalue weighted by molar-refractivity contribution is 0.508. The van der Waals surface area contributed by atoms with E-state index in [-0.39, 0.29) is 18.2 Å². The van der Waals surface area contributed by atoms with Gasteiger partial charge in [-0.3, -0.25) is 0 Å². The highest BCUT2D eigenvalue weighted by molar-refractivity contribution is 6.14. The largest absolute Gasteiger partial charge is 0.346 e. The minimum atomic E-state index is -0.324. The van der Waals surface area contributed by atoms with E-state index in [1.807, 2.05) is 0 Å². The fourth-order valence-electron chi connectivity index (χ4n) is 7.17. The van der Waals surface area contributed by atoms with Crippen molar-refractivity contribution in [3.05, 3.63) is 174 Å². The van der Waals surface area contributed by atoms with Gasteiger partial charge >= 0.3 is 0 Å². The van der Waals surface area contributed by atoms with Crippen LogP contribution in [0.3, 0.4) is 0 Å². The van der Waals surface area contributed by atoms with Crippen LogP contribution in [0.2, 0.25) is 0 Å². The molecule has 0 saturated heterocycles. The number of para-hydroxylation sites is 2. The van der Waals surface area contributed by atoms with Gasteiger partial charge in [0.05, 0.1) is 22.8 Å². The van der Waals surface area contributed by atoms with E-state index >= 15 is 0 Å². The molecule has 44 heavy (non-hydrogen) atoms. The number of anilines is 2. The first-order chi connectivity index (χ1) is 21.8. The first-order valence-corrected chi connectivity index (χ1v) is 15.3. The number of hydrogen-bond donors (Lipinski definition) is 1. The molecule has 210 valence electrons. The number of aliphatic imine (C=N–C) groups is 1. The van der Waals surface area contributed by atoms with Crippen molar-refractivity contribution in [2.75, 3.05) is 4.90 Å². The average molecular weight is 567 g/mol. The Labute approximate surface area is 256 Å². The monoisotopic (exact) mass is 566 g/mol. The highest BCUT2D eigenvalue weighted by Gasteiger charge is 2.38. The average Bonchev–Trinajstić information content (AvgIpc) is 3.60. The van der Waals surface area contributed by atoms with Crippen LogP contribution in [0, 0.1) is 0 Å². The van der Waals surface area contributed by atoms with Crippen LogP contribution in [0.5, 0.6) is 0 Å². The van der Waals surface area contributed by atoms with Crippen LogP contribution in [-0.2, 0) is 0 Å². The third-order valence-corrected chi connectivity index (χ3v) is 9.14. The van der Waals surface area contributed by atoms with Crippen LogP contribution >= 0.6 is 0 Å². The zero-order valence-corrected chi connectivity index (χ0v) is 24.1. The topological polar surface area (TPSA) is 32.6 Å². The lowest BCUT2D eigenvalue weighted by Crippen LogP contribution is -2.29. The second-order valence-electron chi connectivity index (χ2n) is 11.6. The molecule has 3 unspecified atom stereocenters. The van der Waals surface area contributed by atoms with Gasteiger partial charge in [0.2, 0.25) is 6.29 Å². The summed E-state index contributed by atoms with van der Waals surface area (Å²) in [5.74, 6) is 0.272. The second-order valence-corrected chi connectivity index (χ2v) is 11.6. The number of nitrogens with zero attached hydrogens (tertiary/aromatic N) is 3. The smallest absolute Gasteiger partial charge is 0.201 e. The summed E-state index contributed by atoms with van der Waals surface area (Å²) in [5.41, 5.74) is 10.5. The summed E-state index contributed by atoms with van der Waals surface area (Å²) in [4.78, 5) is 7.87. The normalized spacial score (nSPS) is 20.3. The van der Waals surface area contributed by atoms with Crippen LogP contribution < -0.4 is 10.2 Å². The molecule has 4 nitrogen and oxygen atoms in total. The van der Waals surface area contributed by atoms with Crippen molar-refractivity contribution in [1.82, 2.24) is 9.88 Å². The number of rotatable bonds is 4. The van der Waals surface area contributed by atoms with Gasteiger partial charge in [-0.25, -0.2) is 4.99 Å². The van der Waals surface area contributed by atoms with Crippen LogP contribution in [0.1, 0.15) is 28.9 Å². The maximum atomic E-state index is 5.36. The minimum Gasteiger partial charge on any atom is -0.346 e. The molecule has 5 aromatic carbocycles. The van der Waals surface area contributed by atoms with E-state index in [1.165, 1.54) is 33.2 Å². The predicted molar refractivity (Wildman–Crippen MR) is 182 cm³/mol. The Morgan fingerprint density at radius 2 is 1.30 bits per heavy atom. The minimum absolute atomic E-state index is 0.242. The van der Waals surface area contributed by atoms with Crippen LogP contribution in [-0.4, -0.2) is 16.3 Å². The van der Waals surface area contributed by atoms with E-state index in [4.69, 9.17) is 4.99 Å². The molecule has 1 aliphatic carbocycles. The summed E-state index contributed by atoms with van der Waals surface area (Å²) in [7, 11) is 0. The van der Waals surface area contributed by atoms with Gasteiger partial charge in [-0.05, 0) is 53.1 Å². The van der Waals surface area contributed by atoms with E-state index in [0.29, 0.717) is 0 Å². The van der Waals surface area contributed by atoms with Crippen LogP contribution in [0.4, 0.5) is 11.4 Å². The maximum Gasteiger partial charge on any atom is 0.201 e. The number of hydrogen-bond acceptors (Lipinski definition) is 3. The number of fused-ring (bicyclic) bond motifs is 6. The fourth-order valence-corrected chi connectivity index (χ4v) is 7.17. The molecule has 0 bridgehead atoms. The van der Waals surface area contributed by atoms with E-state index in [9.17, 15) is 0 Å². The van der Waals surface area contributed by atoms with Crippen molar-refractivity contribution < 1.29 is 0 Å². The molecule has 6 aromatic rings. The Hall–Kier alpha value is -5.61. The first kappa shape index (κ1) is 24.9. The van der Waals surface area contributed by atoms with Gasteiger partial charge in [0.15, 0.2) is 0 Å². The maximum absolute atomic E-state index is 5.36. The molecule has 1 aromatic heterocycles. The first-order valence-electron chi connectivity index (χ1n) is 15.3. The predicted octanol–water partition coefficient (Wildman–Crippen LogP) is 9.11. The Balaban J connectivity index is 1.28. The standard InChI is InChI=1S/C40H30N4/c1-4-14-27(15-5-1)34-26-35(28-16-6-2-7-17-28)42-40(41-34)44-37-23-13-11-21-31(37)33-24-38-32(25-39(33)44)30-20-10-12-22-36(30)43(38)29-18-8-3-9-19-29/h1-26,30,36,40-41H. The van der Waals surface area contributed by atoms with Crippen LogP contribution in [0.25, 0.3) is 27.5 Å². The molecule has 4 heteroatoms. The fraction of sp³-hybridized carbons (Fsp3) is 0.0750. The summed E-state index contributed by atoms with van der Waals surface area (Å²) in [6, 6.07) is 45.6. The Bertz CT molecular complexity index is 2150. The van der Waals surface area contributed by atoms with E-state index < -0.39 is 0 Å². The number of benzene rings is 5. The molecule has 0 fully saturated rings. The van der Waals surface area contributed by atoms with Gasteiger partial charge in [0.25, 0.3) is 0 Å². The molecule has 1 N–H and O–H groups in total. The van der Waals surface area contributed by atoms with Gasteiger partial charge in [-0.1, -0.05) is 121 Å². The summed E-state index contributed by atoms with van der Waals surface area (Å²) in [6.45, 7) is 0. The zero-order valence-electron chi connectivity index (χ0n) is 24.1. The summed E-state index contributed by atoms with van der Waals surface area (Å²) >= 11 is 0. The van der Waals surface area contributed by atoms with E-state index in [1.54, 1.807) is 0 Å². The summed E-state index contributed by atoms with van der Waals surface area (Å²) < 4.78 is 2.40. The molecule has 0 saturated carbocycles. The van der Waals surface area contributed by atoms with Crippen molar-refractivity contribution in [2.45, 2.75) is 18.2 Å². The molecule has 0 amide bonds. The highest BCUT2D eigenvalue weighted by atomic mass is 15.3. The number of aromatic nitrogens is 1. The Morgan fingerprint density at radius 3 is 2.09 bits per heavy atom. The van der Waals surface area contributed by atoms with Crippen molar-refractivity contribution in [3.63, 3.8) is 0 Å². The molecule has 3 heterocycles. The molecule has 9 rings (SSSR count). The van der Waals surface area contributed by atoms with Gasteiger partial charge in [0.1, 0.15) is 0 Å². The Morgan fingerprint density at radius 1 is 0.614 bits per heavy atom. The molecule has 2 aliphatic heterocycles. The van der Waals surface area contributed by atoms with Crippen molar-refractivity contribution in [3.8, 4) is 0 Å². The highest BCUT2D eigenvalue weighted by Crippen LogP contribution is 2.50. The zero-order chi connectivity index (χ0) is 29.0. The molecule has 0 radical (unpaired) electrons. The third kappa shape index (κ3) is 3.88. The van der Waals surface area contributed by atoms with Gasteiger partial charge < -0.3 is 14.8 Å². The lowest BCUT2D eigenvalue weighted by atomic mass is 9.91. The van der Waals surface area contributed by atoms with Gasteiger partial charge in [-0.15, -0.1) is 0 Å². The lowest BCUT2D eigenvalue weighted by Gasteiger charge is -2.28. The van der Waals surface area contributed by atoms with Crippen molar-refractivity contribution in [1.29, 1.82) is 0 Å². The van der Waals surface area contributed by atoms with E-state index in [0.717, 1.165) is 28.1 Å². The summed E-state index contributed by atoms with van der Waals surface area (Å²) in [6.07, 6.45) is 10.9. The Kier molecular flexibility index (Phi) is 5.66. The molecular formula is C40H30N4. The molecule has 3 atom stereocenters. The molecule has 3 aliphatic rings.